The molecule has 28 heavy (non-hydrogen) atoms. The van der Waals surface area contributed by atoms with E-state index in [0.29, 0.717) is 13.0 Å². The fourth-order valence-electron chi connectivity index (χ4n) is 3.07. The summed E-state index contributed by atoms with van der Waals surface area (Å²) in [5, 5.41) is 2.90. The van der Waals surface area contributed by atoms with Crippen LogP contribution in [0, 0.1) is 12.8 Å². The third-order valence-corrected chi connectivity index (χ3v) is 6.62. The summed E-state index contributed by atoms with van der Waals surface area (Å²) in [7, 11) is -3.76. The highest BCUT2D eigenvalue weighted by Crippen LogP contribution is 2.15. The molecule has 1 aromatic carbocycles. The molecule has 8 heteroatoms. The monoisotopic (exact) mass is 411 g/mol. The molecule has 1 fully saturated rings. The van der Waals surface area contributed by atoms with E-state index in [4.69, 9.17) is 4.74 Å². The molecule has 1 aliphatic heterocycles. The second kappa shape index (κ2) is 10.9. The molecule has 2 N–H and O–H groups in total. The van der Waals surface area contributed by atoms with E-state index in [2.05, 4.69) is 14.9 Å². The molecule has 0 bridgehead atoms. The van der Waals surface area contributed by atoms with Crippen LogP contribution in [0.2, 0.25) is 0 Å². The smallest absolute Gasteiger partial charge is 0.241 e. The highest BCUT2D eigenvalue weighted by atomic mass is 32.2. The van der Waals surface area contributed by atoms with Gasteiger partial charge in [-0.15, -0.1) is 0 Å². The third kappa shape index (κ3) is 6.84. The molecule has 0 radical (unpaired) electrons. The molecule has 1 heterocycles. The van der Waals surface area contributed by atoms with Gasteiger partial charge in [-0.3, -0.25) is 9.69 Å². The maximum Gasteiger partial charge on any atom is 0.241 e. The predicted molar refractivity (Wildman–Crippen MR) is 110 cm³/mol. The average Bonchev–Trinajstić information content (AvgIpc) is 2.70. The first kappa shape index (κ1) is 22.8. The lowest BCUT2D eigenvalue weighted by atomic mass is 9.99. The number of nitrogens with one attached hydrogen (secondary N) is 2. The van der Waals surface area contributed by atoms with Crippen LogP contribution >= 0.6 is 0 Å². The van der Waals surface area contributed by atoms with Crippen molar-refractivity contribution in [2.45, 2.75) is 44.6 Å². The molecule has 0 spiro atoms. The van der Waals surface area contributed by atoms with Crippen molar-refractivity contribution in [3.8, 4) is 0 Å². The predicted octanol–water partition coefficient (Wildman–Crippen LogP) is 1.53. The Labute approximate surface area is 168 Å². The van der Waals surface area contributed by atoms with Gasteiger partial charge in [0, 0.05) is 19.6 Å². The summed E-state index contributed by atoms with van der Waals surface area (Å²) in [6.07, 6.45) is 1.52. The van der Waals surface area contributed by atoms with E-state index in [9.17, 15) is 13.2 Å². The van der Waals surface area contributed by atoms with Crippen LogP contribution < -0.4 is 10.0 Å². The number of ether oxygens (including phenoxy) is 1. The minimum Gasteiger partial charge on any atom is -0.379 e. The zero-order valence-corrected chi connectivity index (χ0v) is 17.9. The van der Waals surface area contributed by atoms with Crippen LogP contribution in [0.5, 0.6) is 0 Å². The summed E-state index contributed by atoms with van der Waals surface area (Å²) >= 11 is 0. The third-order valence-electron chi connectivity index (χ3n) is 5.16. The van der Waals surface area contributed by atoms with Crippen molar-refractivity contribution in [2.75, 3.05) is 39.4 Å². The Morgan fingerprint density at radius 1 is 1.21 bits per heavy atom. The van der Waals surface area contributed by atoms with Gasteiger partial charge in [-0.05, 0) is 37.9 Å². The molecule has 1 saturated heterocycles. The fraction of sp³-hybridized carbons (Fsp3) is 0.650. The van der Waals surface area contributed by atoms with Crippen LogP contribution in [0.15, 0.2) is 29.2 Å². The summed E-state index contributed by atoms with van der Waals surface area (Å²) < 4.78 is 33.3. The maximum absolute atomic E-state index is 12.7. The zero-order chi connectivity index (χ0) is 20.6. The Kier molecular flexibility index (Phi) is 8.88. The molecule has 1 aliphatic rings. The van der Waals surface area contributed by atoms with Gasteiger partial charge in [0.25, 0.3) is 0 Å². The van der Waals surface area contributed by atoms with Crippen LogP contribution in [-0.2, 0) is 19.6 Å². The SMILES string of the molecule is CC[C@H](C)[C@@H](NS(=O)(=O)c1ccc(C)cc1)C(=O)NCCCN1CCOCC1. The number of benzene rings is 1. The topological polar surface area (TPSA) is 87.7 Å². The van der Waals surface area contributed by atoms with Crippen LogP contribution in [0.1, 0.15) is 32.3 Å². The number of carbonyl (C=O) groups is 1. The van der Waals surface area contributed by atoms with Gasteiger partial charge in [0.05, 0.1) is 18.1 Å². The Bertz CT molecular complexity index is 715. The summed E-state index contributed by atoms with van der Waals surface area (Å²) in [6, 6.07) is 5.83. The number of rotatable bonds is 10. The Morgan fingerprint density at radius 2 is 1.86 bits per heavy atom. The second-order valence-corrected chi connectivity index (χ2v) is 9.11. The summed E-state index contributed by atoms with van der Waals surface area (Å²) in [5.74, 6) is -0.383. The lowest BCUT2D eigenvalue weighted by molar-refractivity contribution is -0.123. The van der Waals surface area contributed by atoms with Gasteiger partial charge in [-0.2, -0.15) is 4.72 Å². The second-order valence-electron chi connectivity index (χ2n) is 7.40. The van der Waals surface area contributed by atoms with Crippen LogP contribution in [0.4, 0.5) is 0 Å². The number of amides is 1. The van der Waals surface area contributed by atoms with Gasteiger partial charge in [-0.25, -0.2) is 8.42 Å². The summed E-state index contributed by atoms with van der Waals surface area (Å²) in [5.41, 5.74) is 0.982. The summed E-state index contributed by atoms with van der Waals surface area (Å²) in [4.78, 5) is 15.2. The fourth-order valence-corrected chi connectivity index (χ4v) is 4.37. The van der Waals surface area contributed by atoms with Gasteiger partial charge in [0.1, 0.15) is 6.04 Å². The standard InChI is InChI=1S/C20H33N3O4S/c1-4-17(3)19(22-28(25,26)18-8-6-16(2)7-9-18)20(24)21-10-5-11-23-12-14-27-15-13-23/h6-9,17,19,22H,4-5,10-15H2,1-3H3,(H,21,24)/t17-,19+/m0/s1. The first-order valence-electron chi connectivity index (χ1n) is 10.0. The van der Waals surface area contributed by atoms with Gasteiger partial charge < -0.3 is 10.1 Å². The Hall–Kier alpha value is -1.48. The van der Waals surface area contributed by atoms with Gasteiger partial charge >= 0.3 is 0 Å². The van der Waals surface area contributed by atoms with E-state index in [1.54, 1.807) is 24.3 Å². The quantitative estimate of drug-likeness (QED) is 0.570. The number of hydrogen-bond acceptors (Lipinski definition) is 5. The molecule has 158 valence electrons. The molecule has 0 unspecified atom stereocenters. The van der Waals surface area contributed by atoms with Crippen molar-refractivity contribution in [2.24, 2.45) is 5.92 Å². The first-order chi connectivity index (χ1) is 13.3. The highest BCUT2D eigenvalue weighted by molar-refractivity contribution is 7.89. The van der Waals surface area contributed by atoms with Crippen molar-refractivity contribution in [3.05, 3.63) is 29.8 Å². The molecule has 2 atom stereocenters. The molecule has 1 aromatic rings. The van der Waals surface area contributed by atoms with E-state index in [1.165, 1.54) is 0 Å². The number of carbonyl (C=O) groups excluding carboxylic acids is 1. The number of hydrogen-bond donors (Lipinski definition) is 2. The lowest BCUT2D eigenvalue weighted by Crippen LogP contribution is -2.50. The number of morpholine rings is 1. The van der Waals surface area contributed by atoms with Crippen molar-refractivity contribution < 1.29 is 17.9 Å². The Balaban J connectivity index is 1.92. The van der Waals surface area contributed by atoms with Crippen LogP contribution in [-0.4, -0.2) is 64.7 Å². The van der Waals surface area contributed by atoms with Gasteiger partial charge in [0.15, 0.2) is 0 Å². The average molecular weight is 412 g/mol. The summed E-state index contributed by atoms with van der Waals surface area (Å²) in [6.45, 7) is 10.5. The zero-order valence-electron chi connectivity index (χ0n) is 17.1. The van der Waals surface area contributed by atoms with Gasteiger partial charge in [0.2, 0.25) is 15.9 Å². The van der Waals surface area contributed by atoms with E-state index in [-0.39, 0.29) is 16.7 Å². The Morgan fingerprint density at radius 3 is 2.46 bits per heavy atom. The maximum atomic E-state index is 12.7. The van der Waals surface area contributed by atoms with Crippen LogP contribution in [0.3, 0.4) is 0 Å². The molecular weight excluding hydrogens is 378 g/mol. The van der Waals surface area contributed by atoms with Crippen molar-refractivity contribution >= 4 is 15.9 Å². The van der Waals surface area contributed by atoms with E-state index < -0.39 is 16.1 Å². The molecule has 0 aliphatic carbocycles. The number of nitrogens with zero attached hydrogens (tertiary/aromatic N) is 1. The van der Waals surface area contributed by atoms with E-state index >= 15 is 0 Å². The largest absolute Gasteiger partial charge is 0.379 e. The molecule has 2 rings (SSSR count). The van der Waals surface area contributed by atoms with E-state index in [0.717, 1.165) is 44.8 Å². The molecular formula is C20H33N3O4S. The lowest BCUT2D eigenvalue weighted by Gasteiger charge is -2.27. The first-order valence-corrected chi connectivity index (χ1v) is 11.5. The molecule has 7 nitrogen and oxygen atoms in total. The number of aryl methyl sites for hydroxylation is 1. The van der Waals surface area contributed by atoms with E-state index in [1.807, 2.05) is 20.8 Å². The van der Waals surface area contributed by atoms with Crippen molar-refractivity contribution in [1.29, 1.82) is 0 Å². The normalized spacial score (nSPS) is 17.8. The highest BCUT2D eigenvalue weighted by Gasteiger charge is 2.29. The molecule has 0 saturated carbocycles. The molecule has 1 amide bonds. The minimum atomic E-state index is -3.76. The molecule has 0 aromatic heterocycles. The van der Waals surface area contributed by atoms with Gasteiger partial charge in [-0.1, -0.05) is 38.0 Å². The van der Waals surface area contributed by atoms with Crippen molar-refractivity contribution in [3.63, 3.8) is 0 Å². The number of sulfonamides is 1. The van der Waals surface area contributed by atoms with Crippen LogP contribution in [0.25, 0.3) is 0 Å². The van der Waals surface area contributed by atoms with Crippen molar-refractivity contribution in [1.82, 2.24) is 14.9 Å². The minimum absolute atomic E-state index is 0.112.